The second-order valence-corrected chi connectivity index (χ2v) is 3.19. The van der Waals surface area contributed by atoms with E-state index in [4.69, 9.17) is 0 Å². The van der Waals surface area contributed by atoms with Crippen LogP contribution in [-0.2, 0) is 4.79 Å². The van der Waals surface area contributed by atoms with E-state index in [2.05, 4.69) is 10.3 Å². The van der Waals surface area contributed by atoms with Gasteiger partial charge in [0.2, 0.25) is 5.91 Å². The first-order valence-electron chi connectivity index (χ1n) is 3.56. The molecule has 4 heteroatoms. The molecule has 0 spiro atoms. The van der Waals surface area contributed by atoms with E-state index in [0.717, 1.165) is 4.90 Å². The highest BCUT2D eigenvalue weighted by Gasteiger charge is 1.98. The van der Waals surface area contributed by atoms with E-state index in [1.54, 1.807) is 19.4 Å². The van der Waals surface area contributed by atoms with Crippen molar-refractivity contribution in [2.24, 2.45) is 0 Å². The van der Waals surface area contributed by atoms with Crippen LogP contribution in [0.15, 0.2) is 29.4 Å². The Morgan fingerprint density at radius 2 is 2.25 bits per heavy atom. The molecule has 1 heterocycles. The van der Waals surface area contributed by atoms with Gasteiger partial charge >= 0.3 is 0 Å². The van der Waals surface area contributed by atoms with Crippen LogP contribution in [0, 0.1) is 0 Å². The van der Waals surface area contributed by atoms with Crippen molar-refractivity contribution in [1.82, 2.24) is 10.3 Å². The van der Waals surface area contributed by atoms with Crippen LogP contribution in [0.5, 0.6) is 0 Å². The van der Waals surface area contributed by atoms with E-state index >= 15 is 0 Å². The van der Waals surface area contributed by atoms with Gasteiger partial charge in [-0.1, -0.05) is 0 Å². The van der Waals surface area contributed by atoms with Gasteiger partial charge in [-0.3, -0.25) is 9.78 Å². The number of amides is 1. The minimum absolute atomic E-state index is 0.0387. The van der Waals surface area contributed by atoms with E-state index in [1.165, 1.54) is 11.8 Å². The Kier molecular flexibility index (Phi) is 3.60. The summed E-state index contributed by atoms with van der Waals surface area (Å²) in [6, 6.07) is 3.77. The van der Waals surface area contributed by atoms with E-state index in [0.29, 0.717) is 5.75 Å². The zero-order valence-electron chi connectivity index (χ0n) is 6.78. The number of nitrogens with zero attached hydrogens (tertiary/aromatic N) is 1. The van der Waals surface area contributed by atoms with Crippen molar-refractivity contribution in [2.75, 3.05) is 12.8 Å². The molecule has 0 unspecified atom stereocenters. The molecule has 0 aliphatic heterocycles. The van der Waals surface area contributed by atoms with Crippen molar-refractivity contribution in [2.45, 2.75) is 4.90 Å². The number of aromatic nitrogens is 1. The standard InChI is InChI=1S/C8H10N2OS/c1-9-8(11)6-12-7-2-4-10-5-3-7/h2-5H,6H2,1H3,(H,9,11). The van der Waals surface area contributed by atoms with Crippen LogP contribution in [0.4, 0.5) is 0 Å². The van der Waals surface area contributed by atoms with Gasteiger partial charge < -0.3 is 5.32 Å². The number of carbonyl (C=O) groups is 1. The molecule has 64 valence electrons. The molecule has 0 saturated carbocycles. The molecule has 0 atom stereocenters. The molecule has 1 aromatic heterocycles. The maximum absolute atomic E-state index is 10.8. The van der Waals surface area contributed by atoms with Gasteiger partial charge in [0.1, 0.15) is 0 Å². The van der Waals surface area contributed by atoms with Crippen molar-refractivity contribution in [3.05, 3.63) is 24.5 Å². The first kappa shape index (κ1) is 9.06. The normalized spacial score (nSPS) is 9.42. The highest BCUT2D eigenvalue weighted by atomic mass is 32.2. The minimum atomic E-state index is 0.0387. The van der Waals surface area contributed by atoms with Crippen molar-refractivity contribution < 1.29 is 4.79 Å². The molecule has 3 nitrogen and oxygen atoms in total. The van der Waals surface area contributed by atoms with Gasteiger partial charge in [0.25, 0.3) is 0 Å². The predicted molar refractivity (Wildman–Crippen MR) is 49.0 cm³/mol. The van der Waals surface area contributed by atoms with Gasteiger partial charge in [0.15, 0.2) is 0 Å². The molecule has 0 bridgehead atoms. The van der Waals surface area contributed by atoms with Gasteiger partial charge in [-0.25, -0.2) is 0 Å². The van der Waals surface area contributed by atoms with Crippen LogP contribution >= 0.6 is 11.8 Å². The molecule has 0 aliphatic rings. The monoisotopic (exact) mass is 182 g/mol. The number of hydrogen-bond donors (Lipinski definition) is 1. The third-order valence-corrected chi connectivity index (χ3v) is 2.31. The molecule has 0 radical (unpaired) electrons. The highest BCUT2D eigenvalue weighted by Crippen LogP contribution is 2.15. The van der Waals surface area contributed by atoms with Crippen molar-refractivity contribution in [1.29, 1.82) is 0 Å². The molecule has 1 amide bonds. The number of thioether (sulfide) groups is 1. The quantitative estimate of drug-likeness (QED) is 0.707. The number of pyridine rings is 1. The first-order chi connectivity index (χ1) is 5.83. The fourth-order valence-electron chi connectivity index (χ4n) is 0.656. The van der Waals surface area contributed by atoms with Crippen LogP contribution in [0.25, 0.3) is 0 Å². The molecule has 0 aliphatic carbocycles. The smallest absolute Gasteiger partial charge is 0.230 e. The highest BCUT2D eigenvalue weighted by molar-refractivity contribution is 8.00. The van der Waals surface area contributed by atoms with Gasteiger partial charge in [0.05, 0.1) is 5.75 Å². The van der Waals surface area contributed by atoms with E-state index in [-0.39, 0.29) is 5.91 Å². The Balaban J connectivity index is 2.38. The molecule has 1 aromatic rings. The Morgan fingerprint density at radius 1 is 1.58 bits per heavy atom. The summed E-state index contributed by atoms with van der Waals surface area (Å²) in [6.45, 7) is 0. The topological polar surface area (TPSA) is 42.0 Å². The second-order valence-electron chi connectivity index (χ2n) is 2.14. The van der Waals surface area contributed by atoms with E-state index in [9.17, 15) is 4.79 Å². The summed E-state index contributed by atoms with van der Waals surface area (Å²) >= 11 is 1.50. The number of hydrogen-bond acceptors (Lipinski definition) is 3. The summed E-state index contributed by atoms with van der Waals surface area (Å²) in [5, 5.41) is 2.56. The third kappa shape index (κ3) is 2.92. The minimum Gasteiger partial charge on any atom is -0.358 e. The van der Waals surface area contributed by atoms with Crippen molar-refractivity contribution in [3.8, 4) is 0 Å². The first-order valence-corrected chi connectivity index (χ1v) is 4.55. The molecular weight excluding hydrogens is 172 g/mol. The maximum atomic E-state index is 10.8. The van der Waals surface area contributed by atoms with Crippen LogP contribution in [0.3, 0.4) is 0 Å². The maximum Gasteiger partial charge on any atom is 0.230 e. The van der Waals surface area contributed by atoms with Crippen LogP contribution < -0.4 is 5.32 Å². The number of carbonyl (C=O) groups excluding carboxylic acids is 1. The third-order valence-electron chi connectivity index (χ3n) is 1.30. The lowest BCUT2D eigenvalue weighted by molar-refractivity contribution is -0.118. The Morgan fingerprint density at radius 3 is 2.83 bits per heavy atom. The molecule has 0 fully saturated rings. The number of nitrogens with one attached hydrogen (secondary N) is 1. The summed E-state index contributed by atoms with van der Waals surface area (Å²) in [5.74, 6) is 0.498. The lowest BCUT2D eigenvalue weighted by atomic mass is 10.5. The van der Waals surface area contributed by atoms with Crippen molar-refractivity contribution >= 4 is 17.7 Å². The fraction of sp³-hybridized carbons (Fsp3) is 0.250. The van der Waals surface area contributed by atoms with E-state index in [1.807, 2.05) is 12.1 Å². The fourth-order valence-corrected chi connectivity index (χ4v) is 1.41. The average Bonchev–Trinajstić information content (AvgIpc) is 2.16. The summed E-state index contributed by atoms with van der Waals surface area (Å²) in [4.78, 5) is 15.8. The molecule has 1 rings (SSSR count). The van der Waals surface area contributed by atoms with Crippen molar-refractivity contribution in [3.63, 3.8) is 0 Å². The van der Waals surface area contributed by atoms with Crippen LogP contribution in [-0.4, -0.2) is 23.7 Å². The lowest BCUT2D eigenvalue weighted by Crippen LogP contribution is -2.19. The molecule has 0 saturated heterocycles. The Hall–Kier alpha value is -1.03. The Labute approximate surface area is 75.6 Å². The predicted octanol–water partition coefficient (Wildman–Crippen LogP) is 0.920. The van der Waals surface area contributed by atoms with Crippen LogP contribution in [0.1, 0.15) is 0 Å². The van der Waals surface area contributed by atoms with Gasteiger partial charge in [-0.2, -0.15) is 0 Å². The Bertz CT molecular complexity index is 250. The van der Waals surface area contributed by atoms with Gasteiger partial charge in [-0.15, -0.1) is 11.8 Å². The van der Waals surface area contributed by atoms with E-state index < -0.39 is 0 Å². The van der Waals surface area contributed by atoms with Crippen LogP contribution in [0.2, 0.25) is 0 Å². The largest absolute Gasteiger partial charge is 0.358 e. The lowest BCUT2D eigenvalue weighted by Gasteiger charge is -1.98. The number of rotatable bonds is 3. The summed E-state index contributed by atoms with van der Waals surface area (Å²) in [6.07, 6.45) is 3.43. The molecule has 0 aromatic carbocycles. The zero-order valence-corrected chi connectivity index (χ0v) is 7.60. The molecule has 1 N–H and O–H groups in total. The second kappa shape index (κ2) is 4.77. The molecular formula is C8H10N2OS. The average molecular weight is 182 g/mol. The summed E-state index contributed by atoms with van der Waals surface area (Å²) in [5.41, 5.74) is 0. The summed E-state index contributed by atoms with van der Waals surface area (Å²) < 4.78 is 0. The SMILES string of the molecule is CNC(=O)CSc1ccncc1. The summed E-state index contributed by atoms with van der Waals surface area (Å²) in [7, 11) is 1.63. The van der Waals surface area contributed by atoms with Gasteiger partial charge in [-0.05, 0) is 12.1 Å². The zero-order chi connectivity index (χ0) is 8.81. The molecule has 12 heavy (non-hydrogen) atoms. The van der Waals surface area contributed by atoms with Gasteiger partial charge in [0, 0.05) is 24.3 Å².